The molecule has 92 valence electrons. The van der Waals surface area contributed by atoms with Crippen LogP contribution >= 0.6 is 0 Å². The van der Waals surface area contributed by atoms with Crippen molar-refractivity contribution in [3.8, 4) is 0 Å². The van der Waals surface area contributed by atoms with Crippen LogP contribution in [0, 0.1) is 0 Å². The van der Waals surface area contributed by atoms with Crippen molar-refractivity contribution >= 4 is 10.9 Å². The molecular formula is C14H21N3. The molecule has 0 saturated carbocycles. The topological polar surface area (TPSA) is 21.1 Å². The fraction of sp³-hybridized carbons (Fsp3) is 0.500. The molecule has 3 nitrogen and oxygen atoms in total. The lowest BCUT2D eigenvalue weighted by Gasteiger charge is -2.17. The van der Waals surface area contributed by atoms with Gasteiger partial charge in [0, 0.05) is 11.9 Å². The predicted molar refractivity (Wildman–Crippen MR) is 72.1 cm³/mol. The molecular weight excluding hydrogens is 210 g/mol. The zero-order chi connectivity index (χ0) is 12.1. The van der Waals surface area contributed by atoms with Crippen molar-refractivity contribution in [1.82, 2.24) is 14.7 Å². The van der Waals surface area contributed by atoms with Gasteiger partial charge in [-0.1, -0.05) is 32.0 Å². The SMILES string of the molecule is CCN(CC)CCCn1ncc2ccccc21. The first-order valence-corrected chi connectivity index (χ1v) is 6.48. The molecule has 0 aliphatic carbocycles. The fourth-order valence-electron chi connectivity index (χ4n) is 2.19. The van der Waals surface area contributed by atoms with E-state index in [9.17, 15) is 0 Å². The molecule has 0 unspecified atom stereocenters. The van der Waals surface area contributed by atoms with Crippen LogP contribution in [0.5, 0.6) is 0 Å². The molecule has 0 radical (unpaired) electrons. The Bertz CT molecular complexity index is 457. The lowest BCUT2D eigenvalue weighted by molar-refractivity contribution is 0.292. The van der Waals surface area contributed by atoms with Gasteiger partial charge >= 0.3 is 0 Å². The molecule has 2 rings (SSSR count). The molecule has 0 amide bonds. The largest absolute Gasteiger partial charge is 0.304 e. The summed E-state index contributed by atoms with van der Waals surface area (Å²) >= 11 is 0. The van der Waals surface area contributed by atoms with Gasteiger partial charge in [0.2, 0.25) is 0 Å². The third-order valence-electron chi connectivity index (χ3n) is 3.29. The number of rotatable bonds is 6. The molecule has 0 aliphatic rings. The smallest absolute Gasteiger partial charge is 0.0682 e. The van der Waals surface area contributed by atoms with Gasteiger partial charge in [0.15, 0.2) is 0 Å². The first kappa shape index (κ1) is 12.1. The second-order valence-corrected chi connectivity index (χ2v) is 4.31. The zero-order valence-corrected chi connectivity index (χ0v) is 10.8. The van der Waals surface area contributed by atoms with Crippen LogP contribution in [-0.4, -0.2) is 34.3 Å². The molecule has 0 spiro atoms. The van der Waals surface area contributed by atoms with E-state index in [1.54, 1.807) is 0 Å². The predicted octanol–water partition coefficient (Wildman–Crippen LogP) is 2.77. The molecule has 1 heterocycles. The highest BCUT2D eigenvalue weighted by Crippen LogP contribution is 2.12. The molecule has 3 heteroatoms. The van der Waals surface area contributed by atoms with Crippen molar-refractivity contribution in [2.45, 2.75) is 26.8 Å². The molecule has 0 fully saturated rings. The van der Waals surface area contributed by atoms with Crippen LogP contribution in [0.4, 0.5) is 0 Å². The fourth-order valence-corrected chi connectivity index (χ4v) is 2.19. The summed E-state index contributed by atoms with van der Waals surface area (Å²) < 4.78 is 2.11. The Morgan fingerprint density at radius 2 is 1.94 bits per heavy atom. The summed E-state index contributed by atoms with van der Waals surface area (Å²) in [7, 11) is 0. The highest BCUT2D eigenvalue weighted by Gasteiger charge is 2.02. The monoisotopic (exact) mass is 231 g/mol. The Morgan fingerprint density at radius 3 is 2.71 bits per heavy atom. The summed E-state index contributed by atoms with van der Waals surface area (Å²) in [5, 5.41) is 5.67. The zero-order valence-electron chi connectivity index (χ0n) is 10.8. The van der Waals surface area contributed by atoms with Gasteiger partial charge < -0.3 is 4.90 Å². The van der Waals surface area contributed by atoms with Crippen LogP contribution in [-0.2, 0) is 6.54 Å². The van der Waals surface area contributed by atoms with E-state index in [0.717, 1.165) is 32.6 Å². The van der Waals surface area contributed by atoms with E-state index in [2.05, 4.69) is 52.8 Å². The third kappa shape index (κ3) is 2.86. The molecule has 17 heavy (non-hydrogen) atoms. The lowest BCUT2D eigenvalue weighted by Crippen LogP contribution is -2.24. The number of nitrogens with zero attached hydrogens (tertiary/aromatic N) is 3. The quantitative estimate of drug-likeness (QED) is 0.762. The van der Waals surface area contributed by atoms with Gasteiger partial charge in [-0.05, 0) is 32.1 Å². The van der Waals surface area contributed by atoms with Crippen LogP contribution in [0.15, 0.2) is 30.5 Å². The van der Waals surface area contributed by atoms with Crippen molar-refractivity contribution in [2.75, 3.05) is 19.6 Å². The Morgan fingerprint density at radius 1 is 1.18 bits per heavy atom. The molecule has 0 N–H and O–H groups in total. The minimum atomic E-state index is 1.00. The van der Waals surface area contributed by atoms with Crippen LogP contribution in [0.3, 0.4) is 0 Å². The van der Waals surface area contributed by atoms with Crippen molar-refractivity contribution < 1.29 is 0 Å². The molecule has 0 saturated heterocycles. The molecule has 0 atom stereocenters. The molecule has 2 aromatic rings. The average Bonchev–Trinajstić information content (AvgIpc) is 2.78. The molecule has 1 aromatic carbocycles. The van der Waals surface area contributed by atoms with E-state index in [0.29, 0.717) is 0 Å². The summed E-state index contributed by atoms with van der Waals surface area (Å²) in [4.78, 5) is 2.45. The van der Waals surface area contributed by atoms with Crippen LogP contribution in [0.2, 0.25) is 0 Å². The Balaban J connectivity index is 1.95. The first-order chi connectivity index (χ1) is 8.35. The first-order valence-electron chi connectivity index (χ1n) is 6.48. The number of aryl methyl sites for hydroxylation is 1. The maximum absolute atomic E-state index is 4.44. The number of aromatic nitrogens is 2. The molecule has 0 aliphatic heterocycles. The minimum Gasteiger partial charge on any atom is -0.304 e. The number of hydrogen-bond acceptors (Lipinski definition) is 2. The van der Waals surface area contributed by atoms with Gasteiger partial charge in [-0.25, -0.2) is 0 Å². The minimum absolute atomic E-state index is 1.00. The van der Waals surface area contributed by atoms with E-state index >= 15 is 0 Å². The van der Waals surface area contributed by atoms with Crippen LogP contribution < -0.4 is 0 Å². The van der Waals surface area contributed by atoms with Gasteiger partial charge in [0.25, 0.3) is 0 Å². The van der Waals surface area contributed by atoms with E-state index in [4.69, 9.17) is 0 Å². The lowest BCUT2D eigenvalue weighted by atomic mass is 10.2. The highest BCUT2D eigenvalue weighted by atomic mass is 15.3. The van der Waals surface area contributed by atoms with E-state index in [1.165, 1.54) is 10.9 Å². The maximum atomic E-state index is 4.44. The van der Waals surface area contributed by atoms with Crippen molar-refractivity contribution in [2.24, 2.45) is 0 Å². The average molecular weight is 231 g/mol. The molecule has 1 aromatic heterocycles. The van der Waals surface area contributed by atoms with Crippen LogP contribution in [0.1, 0.15) is 20.3 Å². The van der Waals surface area contributed by atoms with Crippen molar-refractivity contribution in [3.63, 3.8) is 0 Å². The van der Waals surface area contributed by atoms with Gasteiger partial charge in [-0.2, -0.15) is 5.10 Å². The Labute approximate surface area is 103 Å². The second-order valence-electron chi connectivity index (χ2n) is 4.31. The van der Waals surface area contributed by atoms with Crippen molar-refractivity contribution in [3.05, 3.63) is 30.5 Å². The summed E-state index contributed by atoms with van der Waals surface area (Å²) in [6, 6.07) is 8.39. The van der Waals surface area contributed by atoms with Gasteiger partial charge in [-0.15, -0.1) is 0 Å². The van der Waals surface area contributed by atoms with E-state index < -0.39 is 0 Å². The van der Waals surface area contributed by atoms with E-state index in [-0.39, 0.29) is 0 Å². The Hall–Kier alpha value is -1.35. The van der Waals surface area contributed by atoms with Crippen molar-refractivity contribution in [1.29, 1.82) is 0 Å². The molecule has 0 bridgehead atoms. The highest BCUT2D eigenvalue weighted by molar-refractivity contribution is 5.78. The number of hydrogen-bond donors (Lipinski definition) is 0. The van der Waals surface area contributed by atoms with Crippen LogP contribution in [0.25, 0.3) is 10.9 Å². The summed E-state index contributed by atoms with van der Waals surface area (Å²) in [6.07, 6.45) is 3.11. The standard InChI is InChI=1S/C14H21N3/c1-3-16(4-2)10-7-11-17-14-9-6-5-8-13(14)12-15-17/h5-6,8-9,12H,3-4,7,10-11H2,1-2H3. The normalized spacial score (nSPS) is 11.5. The second kappa shape index (κ2) is 5.82. The van der Waals surface area contributed by atoms with Gasteiger partial charge in [0.05, 0.1) is 11.7 Å². The third-order valence-corrected chi connectivity index (χ3v) is 3.29. The number of benzene rings is 1. The number of para-hydroxylation sites is 1. The summed E-state index contributed by atoms with van der Waals surface area (Å²) in [5.41, 5.74) is 1.24. The Kier molecular flexibility index (Phi) is 4.15. The summed E-state index contributed by atoms with van der Waals surface area (Å²) in [5.74, 6) is 0. The van der Waals surface area contributed by atoms with Gasteiger partial charge in [0.1, 0.15) is 0 Å². The van der Waals surface area contributed by atoms with Gasteiger partial charge in [-0.3, -0.25) is 4.68 Å². The van der Waals surface area contributed by atoms with E-state index in [1.807, 2.05) is 6.20 Å². The summed E-state index contributed by atoms with van der Waals surface area (Å²) in [6.45, 7) is 8.86. The number of fused-ring (bicyclic) bond motifs is 1. The maximum Gasteiger partial charge on any atom is 0.0682 e.